The predicted molar refractivity (Wildman–Crippen MR) is 80.3 cm³/mol. The van der Waals surface area contributed by atoms with E-state index in [1.54, 1.807) is 19.6 Å². The lowest BCUT2D eigenvalue weighted by Crippen LogP contribution is -2.07. The molecule has 0 radical (unpaired) electrons. The van der Waals surface area contributed by atoms with E-state index in [0.717, 1.165) is 35.3 Å². The van der Waals surface area contributed by atoms with Gasteiger partial charge in [0.25, 0.3) is 0 Å². The van der Waals surface area contributed by atoms with Gasteiger partial charge in [0, 0.05) is 46.3 Å². The molecule has 1 heterocycles. The van der Waals surface area contributed by atoms with Crippen molar-refractivity contribution in [3.8, 4) is 5.75 Å². The Morgan fingerprint density at radius 1 is 1.32 bits per heavy atom. The lowest BCUT2D eigenvalue weighted by atomic mass is 10.1. The van der Waals surface area contributed by atoms with Gasteiger partial charge in [-0.25, -0.2) is 4.98 Å². The number of rotatable bonds is 6. The van der Waals surface area contributed by atoms with Crippen LogP contribution in [0.3, 0.4) is 0 Å². The molecular weight excluding hydrogens is 260 g/mol. The zero-order chi connectivity index (χ0) is 13.7. The Kier molecular flexibility index (Phi) is 4.74. The van der Waals surface area contributed by atoms with Crippen LogP contribution in [0.15, 0.2) is 30.5 Å². The van der Waals surface area contributed by atoms with Crippen LogP contribution >= 0.6 is 0 Å². The van der Waals surface area contributed by atoms with Gasteiger partial charge in [-0.05, 0) is 18.6 Å². The van der Waals surface area contributed by atoms with E-state index in [0.29, 0.717) is 5.75 Å². The van der Waals surface area contributed by atoms with Gasteiger partial charge in [0.1, 0.15) is 11.6 Å². The summed E-state index contributed by atoms with van der Waals surface area (Å²) in [4.78, 5) is 4.36. The van der Waals surface area contributed by atoms with Crippen molar-refractivity contribution in [2.75, 3.05) is 31.0 Å². The normalized spacial score (nSPS) is 12.3. The van der Waals surface area contributed by atoms with Gasteiger partial charge < -0.3 is 10.1 Å². The number of hydrogen-bond acceptors (Lipinski definition) is 4. The van der Waals surface area contributed by atoms with Gasteiger partial charge in [0.05, 0.1) is 7.11 Å². The van der Waals surface area contributed by atoms with E-state index in [-0.39, 0.29) is 0 Å². The maximum absolute atomic E-state index is 11.0. The van der Waals surface area contributed by atoms with E-state index >= 15 is 0 Å². The van der Waals surface area contributed by atoms with Crippen molar-refractivity contribution in [2.24, 2.45) is 0 Å². The molecule has 0 amide bonds. The standard InChI is InChI=1S/C14H18N2O2S/c1-18-13-6-3-5-12-11(13)7-9-16-14(12)15-8-4-10-19(2)17/h3,5-7,9H,4,8,10H2,1-2H3,(H,15,16). The molecule has 1 atom stereocenters. The van der Waals surface area contributed by atoms with Crippen molar-refractivity contribution in [1.82, 2.24) is 4.98 Å². The first-order valence-electron chi connectivity index (χ1n) is 6.18. The zero-order valence-electron chi connectivity index (χ0n) is 11.2. The summed E-state index contributed by atoms with van der Waals surface area (Å²) in [7, 11) is 0.929. The van der Waals surface area contributed by atoms with Crippen molar-refractivity contribution < 1.29 is 8.95 Å². The minimum absolute atomic E-state index is 0.709. The summed E-state index contributed by atoms with van der Waals surface area (Å²) in [6.45, 7) is 0.767. The van der Waals surface area contributed by atoms with E-state index in [4.69, 9.17) is 4.74 Å². The molecule has 0 saturated carbocycles. The Bertz CT molecular complexity index is 587. The largest absolute Gasteiger partial charge is 0.496 e. The molecule has 5 heteroatoms. The van der Waals surface area contributed by atoms with Crippen molar-refractivity contribution >= 4 is 27.4 Å². The SMILES string of the molecule is COc1cccc2c(NCCCS(C)=O)nccc12. The lowest BCUT2D eigenvalue weighted by molar-refractivity contribution is 0.420. The fraction of sp³-hybridized carbons (Fsp3) is 0.357. The molecule has 1 aromatic heterocycles. The molecule has 0 spiro atoms. The first-order valence-corrected chi connectivity index (χ1v) is 7.90. The molecule has 2 rings (SSSR count). The van der Waals surface area contributed by atoms with Crippen molar-refractivity contribution in [3.63, 3.8) is 0 Å². The summed E-state index contributed by atoms with van der Waals surface area (Å²) in [5.41, 5.74) is 0. The molecule has 4 nitrogen and oxygen atoms in total. The zero-order valence-corrected chi connectivity index (χ0v) is 12.0. The summed E-state index contributed by atoms with van der Waals surface area (Å²) in [5, 5.41) is 5.38. The third-order valence-corrected chi connectivity index (χ3v) is 3.75. The molecule has 1 N–H and O–H groups in total. The number of fused-ring (bicyclic) bond motifs is 1. The summed E-state index contributed by atoms with van der Waals surface area (Å²) in [6.07, 6.45) is 4.36. The quantitative estimate of drug-likeness (QED) is 0.825. The number of methoxy groups -OCH3 is 1. The molecule has 0 bridgehead atoms. The second kappa shape index (κ2) is 6.52. The number of nitrogens with zero attached hydrogens (tertiary/aromatic N) is 1. The van der Waals surface area contributed by atoms with Crippen LogP contribution in [0.2, 0.25) is 0 Å². The first-order chi connectivity index (χ1) is 9.22. The highest BCUT2D eigenvalue weighted by Gasteiger charge is 2.05. The number of benzene rings is 1. The highest BCUT2D eigenvalue weighted by Crippen LogP contribution is 2.28. The number of ether oxygens (including phenoxy) is 1. The van der Waals surface area contributed by atoms with Gasteiger partial charge in [-0.3, -0.25) is 4.21 Å². The average molecular weight is 278 g/mol. The van der Waals surface area contributed by atoms with Crippen LogP contribution in [0.4, 0.5) is 5.82 Å². The van der Waals surface area contributed by atoms with Crippen molar-refractivity contribution in [1.29, 1.82) is 0 Å². The lowest BCUT2D eigenvalue weighted by Gasteiger charge is -2.10. The van der Waals surface area contributed by atoms with Gasteiger partial charge in [-0.1, -0.05) is 12.1 Å². The van der Waals surface area contributed by atoms with E-state index in [9.17, 15) is 4.21 Å². The van der Waals surface area contributed by atoms with Gasteiger partial charge >= 0.3 is 0 Å². The van der Waals surface area contributed by atoms with Crippen LogP contribution in [-0.2, 0) is 10.8 Å². The van der Waals surface area contributed by atoms with Gasteiger partial charge in [0.2, 0.25) is 0 Å². The Balaban J connectivity index is 2.17. The van der Waals surface area contributed by atoms with Crippen molar-refractivity contribution in [2.45, 2.75) is 6.42 Å². The van der Waals surface area contributed by atoms with Crippen LogP contribution in [0, 0.1) is 0 Å². The molecule has 1 unspecified atom stereocenters. The fourth-order valence-electron chi connectivity index (χ4n) is 1.98. The second-order valence-corrected chi connectivity index (χ2v) is 5.83. The first kappa shape index (κ1) is 13.8. The minimum Gasteiger partial charge on any atom is -0.496 e. The molecule has 1 aromatic carbocycles. The molecule has 2 aromatic rings. The van der Waals surface area contributed by atoms with E-state index in [1.165, 1.54) is 0 Å². The molecule has 0 aliphatic carbocycles. The van der Waals surface area contributed by atoms with Crippen LogP contribution < -0.4 is 10.1 Å². The average Bonchev–Trinajstić information content (AvgIpc) is 2.42. The topological polar surface area (TPSA) is 51.2 Å². The summed E-state index contributed by atoms with van der Waals surface area (Å²) >= 11 is 0. The maximum atomic E-state index is 11.0. The van der Waals surface area contributed by atoms with Gasteiger partial charge in [0.15, 0.2) is 0 Å². The number of aromatic nitrogens is 1. The molecule has 0 aliphatic rings. The van der Waals surface area contributed by atoms with Crippen LogP contribution in [0.1, 0.15) is 6.42 Å². The monoisotopic (exact) mass is 278 g/mol. The van der Waals surface area contributed by atoms with Crippen LogP contribution in [0.5, 0.6) is 5.75 Å². The smallest absolute Gasteiger partial charge is 0.133 e. The number of hydrogen-bond donors (Lipinski definition) is 1. The van der Waals surface area contributed by atoms with Gasteiger partial charge in [-0.2, -0.15) is 0 Å². The number of anilines is 1. The molecule has 0 aliphatic heterocycles. The Hall–Kier alpha value is -1.62. The van der Waals surface area contributed by atoms with Crippen molar-refractivity contribution in [3.05, 3.63) is 30.5 Å². The number of pyridine rings is 1. The van der Waals surface area contributed by atoms with E-state index in [2.05, 4.69) is 10.3 Å². The molecule has 19 heavy (non-hydrogen) atoms. The Morgan fingerprint density at radius 2 is 2.16 bits per heavy atom. The highest BCUT2D eigenvalue weighted by atomic mass is 32.2. The third kappa shape index (κ3) is 3.44. The van der Waals surface area contributed by atoms with Crippen LogP contribution in [-0.4, -0.2) is 34.9 Å². The summed E-state index contributed by atoms with van der Waals surface area (Å²) in [5.74, 6) is 2.40. The number of nitrogens with one attached hydrogen (secondary N) is 1. The highest BCUT2D eigenvalue weighted by molar-refractivity contribution is 7.84. The van der Waals surface area contributed by atoms with E-state index < -0.39 is 10.8 Å². The summed E-state index contributed by atoms with van der Waals surface area (Å²) < 4.78 is 16.3. The third-order valence-electron chi connectivity index (χ3n) is 2.89. The predicted octanol–water partition coefficient (Wildman–Crippen LogP) is 2.42. The van der Waals surface area contributed by atoms with Gasteiger partial charge in [-0.15, -0.1) is 0 Å². The van der Waals surface area contributed by atoms with E-state index in [1.807, 2.05) is 24.3 Å². The molecule has 0 fully saturated rings. The fourth-order valence-corrected chi connectivity index (χ4v) is 2.53. The Morgan fingerprint density at radius 3 is 2.89 bits per heavy atom. The molecule has 0 saturated heterocycles. The summed E-state index contributed by atoms with van der Waals surface area (Å²) in [6, 6.07) is 7.85. The van der Waals surface area contributed by atoms with Crippen LogP contribution in [0.25, 0.3) is 10.8 Å². The maximum Gasteiger partial charge on any atom is 0.133 e. The minimum atomic E-state index is -0.736. The second-order valence-electron chi connectivity index (χ2n) is 4.27. The Labute approximate surface area is 115 Å². The molecular formula is C14H18N2O2S. The molecule has 102 valence electrons.